The molecule has 1 aromatic carbocycles. The maximum Gasteiger partial charge on any atom is 0.407 e. The first-order chi connectivity index (χ1) is 31.3. The van der Waals surface area contributed by atoms with E-state index in [9.17, 15) is 48.1 Å². The van der Waals surface area contributed by atoms with Gasteiger partial charge in [0.1, 0.15) is 30.0 Å². The SMILES string of the molecule is C#C.C#C.C=C/C=C\C(C)COC(=O)CNC(=O)CNC(=O)C(CCCCNC(=O)OC(C)(C)C)NC(=O)C(CCC(=O)OCCCC)NC(=O)c1cc([N+](=O)[O-])ccc1F.CC.CCO.[Pd]. The molecule has 3 atom stereocenters. The van der Waals surface area contributed by atoms with Crippen molar-refractivity contribution in [3.8, 4) is 25.7 Å². The van der Waals surface area contributed by atoms with Crippen molar-refractivity contribution in [2.75, 3.05) is 39.5 Å². The average molecular weight is 1040 g/mol. The number of hydrogen-bond acceptors (Lipinski definition) is 13. The summed E-state index contributed by atoms with van der Waals surface area (Å²) >= 11 is 0. The van der Waals surface area contributed by atoms with Gasteiger partial charge in [-0.3, -0.25) is 38.9 Å². The third kappa shape index (κ3) is 37.8. The number of halogens is 1. The first-order valence-corrected chi connectivity index (χ1v) is 21.2. The maximum absolute atomic E-state index is 14.6. The molecular formula is C46H71FN6O13Pd. The molecule has 0 spiro atoms. The van der Waals surface area contributed by atoms with Crippen LogP contribution >= 0.6 is 0 Å². The molecule has 19 nitrogen and oxygen atoms in total. The number of non-ortho nitro benzene ring substituents is 1. The summed E-state index contributed by atoms with van der Waals surface area (Å²) in [5.41, 5.74) is -2.06. The van der Waals surface area contributed by atoms with E-state index in [0.29, 0.717) is 25.0 Å². The molecule has 1 aromatic rings. The zero-order chi connectivity index (χ0) is 51.7. The second-order valence-corrected chi connectivity index (χ2v) is 14.1. The van der Waals surface area contributed by atoms with E-state index < -0.39 is 94.4 Å². The van der Waals surface area contributed by atoms with E-state index in [-0.39, 0.29) is 78.4 Å². The molecule has 21 heteroatoms. The van der Waals surface area contributed by atoms with Gasteiger partial charge in [-0.1, -0.05) is 58.9 Å². The van der Waals surface area contributed by atoms with Crippen LogP contribution in [0.25, 0.3) is 0 Å². The summed E-state index contributed by atoms with van der Waals surface area (Å²) in [4.78, 5) is 99.6. The maximum atomic E-state index is 14.6. The van der Waals surface area contributed by atoms with Crippen LogP contribution in [0.5, 0.6) is 0 Å². The monoisotopic (exact) mass is 1040 g/mol. The molecular weight excluding hydrogens is 970 g/mol. The Morgan fingerprint density at radius 1 is 0.881 bits per heavy atom. The van der Waals surface area contributed by atoms with E-state index in [0.717, 1.165) is 12.5 Å². The number of aliphatic hydroxyl groups is 1. The van der Waals surface area contributed by atoms with E-state index in [1.54, 1.807) is 45.9 Å². The van der Waals surface area contributed by atoms with Gasteiger partial charge < -0.3 is 45.9 Å². The molecule has 0 heterocycles. The number of unbranched alkanes of at least 4 members (excludes halogenated alkanes) is 2. The van der Waals surface area contributed by atoms with Crippen LogP contribution in [-0.4, -0.2) is 109 Å². The number of nitro groups is 1. The minimum Gasteiger partial charge on any atom is -0.466 e. The van der Waals surface area contributed by atoms with Crippen molar-refractivity contribution >= 4 is 47.3 Å². The number of carbonyl (C=O) groups excluding carboxylic acids is 7. The predicted octanol–water partition coefficient (Wildman–Crippen LogP) is 4.81. The number of rotatable bonds is 25. The summed E-state index contributed by atoms with van der Waals surface area (Å²) in [5.74, 6) is -6.40. The number of ether oxygens (including phenoxy) is 3. The number of nitrogens with one attached hydrogen (secondary N) is 5. The molecule has 0 aromatic heterocycles. The third-order valence-electron chi connectivity index (χ3n) is 7.58. The van der Waals surface area contributed by atoms with Crippen LogP contribution < -0.4 is 26.6 Å². The summed E-state index contributed by atoms with van der Waals surface area (Å²) < 4.78 is 30.1. The number of nitro benzene ring substituents is 1. The molecule has 0 saturated heterocycles. The minimum absolute atomic E-state index is 0. The number of carbonyl (C=O) groups is 7. The fourth-order valence-electron chi connectivity index (χ4n) is 4.61. The van der Waals surface area contributed by atoms with Crippen molar-refractivity contribution in [1.29, 1.82) is 0 Å². The number of benzene rings is 1. The van der Waals surface area contributed by atoms with Gasteiger partial charge in [0, 0.05) is 58.0 Å². The second kappa shape index (κ2) is 43.7. The van der Waals surface area contributed by atoms with Gasteiger partial charge in [-0.15, -0.1) is 25.7 Å². The zero-order valence-electron chi connectivity index (χ0n) is 39.9. The molecule has 0 saturated carbocycles. The number of aliphatic hydroxyl groups excluding tert-OH is 1. The van der Waals surface area contributed by atoms with E-state index in [1.165, 1.54) is 0 Å². The number of amides is 5. The van der Waals surface area contributed by atoms with E-state index >= 15 is 0 Å². The van der Waals surface area contributed by atoms with Crippen LogP contribution in [0.15, 0.2) is 43.0 Å². The normalized spacial score (nSPS) is 11.1. The molecule has 0 aliphatic carbocycles. The van der Waals surface area contributed by atoms with E-state index in [4.69, 9.17) is 19.3 Å². The van der Waals surface area contributed by atoms with Crippen LogP contribution in [0, 0.1) is 47.5 Å². The van der Waals surface area contributed by atoms with Gasteiger partial charge >= 0.3 is 18.0 Å². The number of hydrogen-bond donors (Lipinski definition) is 6. The second-order valence-electron chi connectivity index (χ2n) is 14.1. The molecule has 1 rings (SSSR count). The molecule has 380 valence electrons. The number of terminal acetylenes is 2. The van der Waals surface area contributed by atoms with Crippen LogP contribution in [0.4, 0.5) is 14.9 Å². The van der Waals surface area contributed by atoms with Crippen LogP contribution in [0.3, 0.4) is 0 Å². The fourth-order valence-corrected chi connectivity index (χ4v) is 4.61. The predicted molar refractivity (Wildman–Crippen MR) is 249 cm³/mol. The van der Waals surface area contributed by atoms with Crippen LogP contribution in [0.2, 0.25) is 0 Å². The summed E-state index contributed by atoms with van der Waals surface area (Å²) in [5, 5.41) is 30.9. The Morgan fingerprint density at radius 2 is 1.48 bits per heavy atom. The Morgan fingerprint density at radius 3 is 2.03 bits per heavy atom. The summed E-state index contributed by atoms with van der Waals surface area (Å²) in [6.07, 6.45) is 21.5. The summed E-state index contributed by atoms with van der Waals surface area (Å²) in [7, 11) is 0. The Bertz CT molecular complexity index is 1710. The van der Waals surface area contributed by atoms with Crippen molar-refractivity contribution in [1.82, 2.24) is 26.6 Å². The van der Waals surface area contributed by atoms with E-state index in [2.05, 4.69) is 58.9 Å². The first-order valence-electron chi connectivity index (χ1n) is 21.2. The zero-order valence-corrected chi connectivity index (χ0v) is 41.4. The van der Waals surface area contributed by atoms with Gasteiger partial charge in [-0.05, 0) is 65.9 Å². The van der Waals surface area contributed by atoms with Crippen molar-refractivity contribution in [3.05, 3.63) is 64.5 Å². The molecule has 6 N–H and O–H groups in total. The molecule has 5 amide bonds. The molecule has 0 aliphatic rings. The summed E-state index contributed by atoms with van der Waals surface area (Å²) in [6.45, 7) is 17.5. The number of alkyl carbamates (subject to hydrolysis) is 1. The Balaban J connectivity index is -0.00000119. The standard InChI is InChI=1S/C38H55FN6O12.C2H6O.C2H6.2C2H2.Pd/c1-7-9-13-25(3)24-56-33(48)23-41-31(46)22-42-35(50)29(14-11-12-19-40-37(52)57-38(4,5)6)44-36(51)30(17-18-32(47)55-20-10-8-2)43-34(49)27-21-26(45(53)54)15-16-28(27)39;1-2-3;3*1-2;/h7,9,13,15-16,21,25,29-30H,1,8,10-12,14,17-20,22-24H2,2-6H3,(H,40,52)(H,41,46)(H,42,50)(H,43,49)(H,44,51);3H,2H2,1H3;1-2H3;2*1-2H;/b13-9-;;;;;. The third-order valence-corrected chi connectivity index (χ3v) is 7.58. The topological polar surface area (TPSA) is 271 Å². The minimum atomic E-state index is -1.57. The largest absolute Gasteiger partial charge is 0.466 e. The average Bonchev–Trinajstić information content (AvgIpc) is 3.28. The van der Waals surface area contributed by atoms with Gasteiger partial charge in [-0.2, -0.15) is 0 Å². The van der Waals surface area contributed by atoms with Crippen molar-refractivity contribution in [2.45, 2.75) is 118 Å². The quantitative estimate of drug-likeness (QED) is 0.0112. The first kappa shape index (κ1) is 69.9. The van der Waals surface area contributed by atoms with Crippen molar-refractivity contribution in [3.63, 3.8) is 0 Å². The van der Waals surface area contributed by atoms with Crippen molar-refractivity contribution < 1.29 is 82.6 Å². The van der Waals surface area contributed by atoms with Gasteiger partial charge in [-0.25, -0.2) is 9.18 Å². The Kier molecular flexibility index (Phi) is 45.6. The van der Waals surface area contributed by atoms with E-state index in [1.807, 2.05) is 27.7 Å². The smallest absolute Gasteiger partial charge is 0.407 e. The molecule has 67 heavy (non-hydrogen) atoms. The van der Waals surface area contributed by atoms with Gasteiger partial charge in [0.2, 0.25) is 17.7 Å². The van der Waals surface area contributed by atoms with Crippen LogP contribution in [-0.2, 0) is 58.6 Å². The van der Waals surface area contributed by atoms with Crippen LogP contribution in [0.1, 0.15) is 111 Å². The number of allylic oxidation sites excluding steroid dienone is 2. The molecule has 0 bridgehead atoms. The molecule has 3 unspecified atom stereocenters. The number of nitrogens with zero attached hydrogens (tertiary/aromatic N) is 1. The van der Waals surface area contributed by atoms with Gasteiger partial charge in [0.25, 0.3) is 11.6 Å². The van der Waals surface area contributed by atoms with Gasteiger partial charge in [0.15, 0.2) is 0 Å². The van der Waals surface area contributed by atoms with Gasteiger partial charge in [0.05, 0.1) is 30.2 Å². The molecule has 0 fully saturated rings. The Labute approximate surface area is 408 Å². The Hall–Kier alpha value is -6.14. The van der Waals surface area contributed by atoms with Crippen molar-refractivity contribution in [2.24, 2.45) is 5.92 Å². The molecule has 0 aliphatic heterocycles. The fraction of sp³-hybridized carbons (Fsp3) is 0.543. The number of esters is 2. The summed E-state index contributed by atoms with van der Waals surface area (Å²) in [6, 6.07) is -0.650. The molecule has 0 radical (unpaired) electrons.